The molecule has 1 N–H and O–H groups in total. The smallest absolute Gasteiger partial charge is 0.302 e. The molecule has 0 saturated carbocycles. The summed E-state index contributed by atoms with van der Waals surface area (Å²) < 4.78 is 7.24. The molecule has 8 heteroatoms. The minimum Gasteiger partial charge on any atom is -0.460 e. The first-order valence-corrected chi connectivity index (χ1v) is 11.5. The lowest BCUT2D eigenvalue weighted by molar-refractivity contribution is -0.146. The number of aryl methyl sites for hydroxylation is 2. The number of rotatable bonds is 6. The van der Waals surface area contributed by atoms with Crippen LogP contribution in [0.3, 0.4) is 0 Å². The third-order valence-electron chi connectivity index (χ3n) is 6.30. The van der Waals surface area contributed by atoms with Gasteiger partial charge in [0.25, 0.3) is 5.56 Å². The summed E-state index contributed by atoms with van der Waals surface area (Å²) in [6.07, 6.45) is 2.60. The van der Waals surface area contributed by atoms with Gasteiger partial charge in [-0.3, -0.25) is 14.2 Å². The highest BCUT2D eigenvalue weighted by molar-refractivity contribution is 5.67. The fraction of sp³-hybridized carbons (Fsp3) is 0.385. The van der Waals surface area contributed by atoms with E-state index in [9.17, 15) is 9.59 Å². The van der Waals surface area contributed by atoms with Gasteiger partial charge in [-0.15, -0.1) is 0 Å². The summed E-state index contributed by atoms with van der Waals surface area (Å²) in [7, 11) is 5.60. The van der Waals surface area contributed by atoms with Crippen molar-refractivity contribution in [2.24, 2.45) is 7.05 Å². The van der Waals surface area contributed by atoms with E-state index in [1.54, 1.807) is 17.8 Å². The number of fused-ring (bicyclic) bond motifs is 1. The van der Waals surface area contributed by atoms with Crippen LogP contribution in [0.15, 0.2) is 41.3 Å². The van der Waals surface area contributed by atoms with Crippen molar-refractivity contribution in [3.05, 3.63) is 69.3 Å². The van der Waals surface area contributed by atoms with E-state index in [1.165, 1.54) is 6.92 Å². The second kappa shape index (κ2) is 9.29. The van der Waals surface area contributed by atoms with Crippen molar-refractivity contribution >= 4 is 17.6 Å². The van der Waals surface area contributed by atoms with Crippen molar-refractivity contribution in [2.45, 2.75) is 45.8 Å². The van der Waals surface area contributed by atoms with Crippen LogP contribution in [0.25, 0.3) is 11.3 Å². The van der Waals surface area contributed by atoms with Crippen molar-refractivity contribution in [1.29, 1.82) is 0 Å². The molecule has 34 heavy (non-hydrogen) atoms. The average Bonchev–Trinajstić information content (AvgIpc) is 3.13. The molecule has 1 aromatic carbocycles. The number of carbonyl (C=O) groups is 1. The summed E-state index contributed by atoms with van der Waals surface area (Å²) in [5, 5.41) is 3.50. The van der Waals surface area contributed by atoms with E-state index < -0.39 is 0 Å². The first-order chi connectivity index (χ1) is 16.2. The monoisotopic (exact) mass is 461 g/mol. The molecule has 4 rings (SSSR count). The van der Waals surface area contributed by atoms with Crippen molar-refractivity contribution in [3.8, 4) is 11.3 Å². The summed E-state index contributed by atoms with van der Waals surface area (Å²) in [4.78, 5) is 36.4. The molecular weight excluding hydrogens is 430 g/mol. The Hall–Kier alpha value is -3.68. The maximum Gasteiger partial charge on any atom is 0.302 e. The van der Waals surface area contributed by atoms with Crippen molar-refractivity contribution in [2.75, 3.05) is 24.3 Å². The van der Waals surface area contributed by atoms with E-state index >= 15 is 0 Å². The van der Waals surface area contributed by atoms with Gasteiger partial charge in [0.05, 0.1) is 11.7 Å². The fourth-order valence-electron chi connectivity index (χ4n) is 4.52. The van der Waals surface area contributed by atoms with Crippen LogP contribution < -0.4 is 15.8 Å². The molecular formula is C26H31N5O3. The summed E-state index contributed by atoms with van der Waals surface area (Å²) in [5.41, 5.74) is 4.77. The van der Waals surface area contributed by atoms with Crippen molar-refractivity contribution < 1.29 is 9.53 Å². The second-order valence-electron chi connectivity index (χ2n) is 8.90. The Labute approximate surface area is 199 Å². The molecule has 0 bridgehead atoms. The van der Waals surface area contributed by atoms with Gasteiger partial charge in [0.1, 0.15) is 23.4 Å². The number of hydrogen-bond donors (Lipinski definition) is 1. The lowest BCUT2D eigenvalue weighted by Crippen LogP contribution is -2.31. The van der Waals surface area contributed by atoms with E-state index in [4.69, 9.17) is 9.72 Å². The predicted octanol–water partition coefficient (Wildman–Crippen LogP) is 3.42. The summed E-state index contributed by atoms with van der Waals surface area (Å²) in [6.45, 7) is 5.39. The van der Waals surface area contributed by atoms with Crippen LogP contribution in [0, 0.1) is 6.92 Å². The van der Waals surface area contributed by atoms with Crippen LogP contribution >= 0.6 is 0 Å². The van der Waals surface area contributed by atoms with Gasteiger partial charge in [0, 0.05) is 46.2 Å². The van der Waals surface area contributed by atoms with Gasteiger partial charge in [-0.05, 0) is 36.1 Å². The zero-order valence-corrected chi connectivity index (χ0v) is 20.5. The van der Waals surface area contributed by atoms with Gasteiger partial charge in [0.2, 0.25) is 0 Å². The first kappa shape index (κ1) is 23.5. The van der Waals surface area contributed by atoms with Gasteiger partial charge in [-0.2, -0.15) is 0 Å². The number of aromatic nitrogens is 3. The summed E-state index contributed by atoms with van der Waals surface area (Å²) >= 11 is 0. The molecule has 0 aliphatic heterocycles. The molecule has 0 saturated heterocycles. The zero-order valence-electron chi connectivity index (χ0n) is 20.5. The Morgan fingerprint density at radius 3 is 2.68 bits per heavy atom. The van der Waals surface area contributed by atoms with Crippen LogP contribution in [0.5, 0.6) is 0 Å². The number of pyridine rings is 1. The second-order valence-corrected chi connectivity index (χ2v) is 8.90. The molecule has 0 unspecified atom stereocenters. The van der Waals surface area contributed by atoms with E-state index in [0.29, 0.717) is 24.4 Å². The minimum absolute atomic E-state index is 0.211. The topological polar surface area (TPSA) is 89.3 Å². The Morgan fingerprint density at radius 2 is 2.03 bits per heavy atom. The average molecular weight is 462 g/mol. The molecule has 1 aliphatic carbocycles. The maximum absolute atomic E-state index is 13.4. The Kier molecular flexibility index (Phi) is 6.41. The summed E-state index contributed by atoms with van der Waals surface area (Å²) in [6, 6.07) is 9.70. The Morgan fingerprint density at radius 1 is 1.29 bits per heavy atom. The quantitative estimate of drug-likeness (QED) is 0.563. The van der Waals surface area contributed by atoms with E-state index in [-0.39, 0.29) is 23.7 Å². The van der Waals surface area contributed by atoms with Gasteiger partial charge in [-0.25, -0.2) is 9.97 Å². The molecule has 0 radical (unpaired) electrons. The van der Waals surface area contributed by atoms with Crippen molar-refractivity contribution in [1.82, 2.24) is 14.5 Å². The van der Waals surface area contributed by atoms with Crippen molar-refractivity contribution in [3.63, 3.8) is 0 Å². The normalized spacial score (nSPS) is 16.8. The lowest BCUT2D eigenvalue weighted by Gasteiger charge is -2.25. The molecule has 8 nitrogen and oxygen atoms in total. The Balaban J connectivity index is 1.77. The fourth-order valence-corrected chi connectivity index (χ4v) is 4.52. The molecule has 1 aliphatic rings. The molecule has 0 fully saturated rings. The number of ether oxygens (including phenoxy) is 1. The van der Waals surface area contributed by atoms with Crippen LogP contribution in [0.2, 0.25) is 0 Å². The number of esters is 1. The van der Waals surface area contributed by atoms with E-state index in [2.05, 4.69) is 10.3 Å². The highest BCUT2D eigenvalue weighted by Gasteiger charge is 2.35. The standard InChI is InChI=1S/C26H31N5O3/c1-7-20-25(29-23-18-11-9-8-10-17(18)13-21(23)34-16(3)32)31(6)26(33)24(28-20)19-14-27-22(30(4)5)12-15(19)2/h8-12,14,21,23,29H,7,13H2,1-6H3/t21-,23+/m0/s1. The number of hydrogen-bond acceptors (Lipinski definition) is 7. The zero-order chi connectivity index (χ0) is 24.6. The van der Waals surface area contributed by atoms with Gasteiger partial charge in [-0.1, -0.05) is 31.2 Å². The molecule has 0 amide bonds. The van der Waals surface area contributed by atoms with Gasteiger partial charge < -0.3 is 15.0 Å². The molecule has 0 spiro atoms. The maximum atomic E-state index is 13.4. The molecule has 178 valence electrons. The minimum atomic E-state index is -0.362. The number of nitrogens with zero attached hydrogens (tertiary/aromatic N) is 4. The van der Waals surface area contributed by atoms with Gasteiger partial charge >= 0.3 is 5.97 Å². The number of carbonyl (C=O) groups excluding carboxylic acids is 1. The summed E-state index contributed by atoms with van der Waals surface area (Å²) in [5.74, 6) is 1.13. The highest BCUT2D eigenvalue weighted by Crippen LogP contribution is 2.36. The molecule has 2 aromatic heterocycles. The molecule has 2 heterocycles. The number of benzene rings is 1. The SMILES string of the molecule is CCc1nc(-c2cnc(N(C)C)cc2C)c(=O)n(C)c1N[C@@H]1c2ccccc2C[C@@H]1OC(C)=O. The third-order valence-corrected chi connectivity index (χ3v) is 6.30. The predicted molar refractivity (Wildman–Crippen MR) is 133 cm³/mol. The van der Waals surface area contributed by atoms with E-state index in [1.807, 2.05) is 63.2 Å². The largest absolute Gasteiger partial charge is 0.460 e. The Bertz CT molecular complexity index is 1300. The molecule has 3 aromatic rings. The lowest BCUT2D eigenvalue weighted by atomic mass is 10.1. The van der Waals surface area contributed by atoms with Crippen LogP contribution in [-0.2, 0) is 29.4 Å². The number of anilines is 2. The van der Waals surface area contributed by atoms with E-state index in [0.717, 1.165) is 33.8 Å². The highest BCUT2D eigenvalue weighted by atomic mass is 16.5. The van der Waals surface area contributed by atoms with Gasteiger partial charge in [0.15, 0.2) is 0 Å². The third kappa shape index (κ3) is 4.27. The van der Waals surface area contributed by atoms with Crippen LogP contribution in [0.4, 0.5) is 11.6 Å². The van der Waals surface area contributed by atoms with Crippen LogP contribution in [-0.4, -0.2) is 40.7 Å². The number of nitrogens with one attached hydrogen (secondary N) is 1. The van der Waals surface area contributed by atoms with Crippen LogP contribution in [0.1, 0.15) is 42.3 Å². The molecule has 2 atom stereocenters. The first-order valence-electron chi connectivity index (χ1n) is 11.5.